The number of benzene rings is 2. The topological polar surface area (TPSA) is 6.48 Å². The number of hydrogen-bond acceptors (Lipinski definition) is 2. The van der Waals surface area contributed by atoms with Gasteiger partial charge in [-0.15, -0.1) is 0 Å². The van der Waals surface area contributed by atoms with E-state index in [1.165, 1.54) is 11.3 Å². The SMILES string of the molecule is [c]1ccc(N2CCN(Cc3ccccc3)CC2)cc1. The molecule has 0 amide bonds. The van der Waals surface area contributed by atoms with E-state index in [9.17, 15) is 0 Å². The molecule has 3 rings (SSSR count). The zero-order valence-electron chi connectivity index (χ0n) is 11.1. The molecule has 0 bridgehead atoms. The highest BCUT2D eigenvalue weighted by atomic mass is 15.3. The molecule has 0 N–H and O–H groups in total. The first-order valence-corrected chi connectivity index (χ1v) is 6.89. The van der Waals surface area contributed by atoms with Crippen LogP contribution >= 0.6 is 0 Å². The summed E-state index contributed by atoms with van der Waals surface area (Å²) >= 11 is 0. The van der Waals surface area contributed by atoms with Gasteiger partial charge in [-0.1, -0.05) is 42.5 Å². The highest BCUT2D eigenvalue weighted by molar-refractivity contribution is 5.46. The van der Waals surface area contributed by atoms with Crippen molar-refractivity contribution in [2.75, 3.05) is 31.1 Å². The highest BCUT2D eigenvalue weighted by Crippen LogP contribution is 2.16. The standard InChI is InChI=1S/C17H19N2/c1-3-7-16(8-4-1)15-18-11-13-19(14-12-18)17-9-5-2-6-10-17/h1,3-10H,11-15H2. The molecular formula is C17H19N2. The molecule has 2 aromatic rings. The van der Waals surface area contributed by atoms with Crippen molar-refractivity contribution in [3.8, 4) is 0 Å². The minimum absolute atomic E-state index is 1.07. The van der Waals surface area contributed by atoms with Gasteiger partial charge in [0.15, 0.2) is 0 Å². The van der Waals surface area contributed by atoms with E-state index >= 15 is 0 Å². The molecule has 0 atom stereocenters. The van der Waals surface area contributed by atoms with Gasteiger partial charge in [0.25, 0.3) is 0 Å². The summed E-state index contributed by atoms with van der Waals surface area (Å²) in [5.41, 5.74) is 2.73. The maximum Gasteiger partial charge on any atom is 0.0367 e. The predicted octanol–water partition coefficient (Wildman–Crippen LogP) is 2.81. The quantitative estimate of drug-likeness (QED) is 0.827. The molecule has 1 radical (unpaired) electrons. The Balaban J connectivity index is 1.55. The fourth-order valence-corrected chi connectivity index (χ4v) is 2.59. The van der Waals surface area contributed by atoms with Crippen molar-refractivity contribution in [2.45, 2.75) is 6.54 Å². The maximum atomic E-state index is 3.08. The van der Waals surface area contributed by atoms with Gasteiger partial charge in [-0.05, 0) is 23.8 Å². The van der Waals surface area contributed by atoms with Crippen molar-refractivity contribution in [2.24, 2.45) is 0 Å². The summed E-state index contributed by atoms with van der Waals surface area (Å²) < 4.78 is 0. The molecule has 0 saturated carbocycles. The molecule has 97 valence electrons. The van der Waals surface area contributed by atoms with E-state index in [0.29, 0.717) is 0 Å². The second kappa shape index (κ2) is 5.89. The molecule has 1 heterocycles. The lowest BCUT2D eigenvalue weighted by Gasteiger charge is -2.36. The zero-order chi connectivity index (χ0) is 12.9. The Morgan fingerprint density at radius 1 is 0.842 bits per heavy atom. The van der Waals surface area contributed by atoms with Crippen LogP contribution in [0.4, 0.5) is 5.69 Å². The fourth-order valence-electron chi connectivity index (χ4n) is 2.59. The minimum atomic E-state index is 1.07. The second-order valence-corrected chi connectivity index (χ2v) is 5.01. The molecule has 2 nitrogen and oxygen atoms in total. The third-order valence-electron chi connectivity index (χ3n) is 3.69. The van der Waals surface area contributed by atoms with Crippen LogP contribution in [0.1, 0.15) is 5.56 Å². The average Bonchev–Trinajstić information content (AvgIpc) is 2.50. The Hall–Kier alpha value is -1.80. The van der Waals surface area contributed by atoms with E-state index in [4.69, 9.17) is 0 Å². The second-order valence-electron chi connectivity index (χ2n) is 5.01. The van der Waals surface area contributed by atoms with Gasteiger partial charge in [-0.25, -0.2) is 0 Å². The number of anilines is 1. The van der Waals surface area contributed by atoms with Crippen LogP contribution in [0.2, 0.25) is 0 Å². The smallest absolute Gasteiger partial charge is 0.0367 e. The van der Waals surface area contributed by atoms with Crippen LogP contribution < -0.4 is 4.90 Å². The van der Waals surface area contributed by atoms with Crippen molar-refractivity contribution >= 4 is 5.69 Å². The van der Waals surface area contributed by atoms with Crippen LogP contribution in [0.15, 0.2) is 54.6 Å². The number of rotatable bonds is 3. The van der Waals surface area contributed by atoms with E-state index in [-0.39, 0.29) is 0 Å². The first kappa shape index (κ1) is 12.2. The molecule has 1 saturated heterocycles. The van der Waals surface area contributed by atoms with Crippen molar-refractivity contribution in [3.05, 3.63) is 66.2 Å². The van der Waals surface area contributed by atoms with E-state index in [0.717, 1.165) is 32.7 Å². The van der Waals surface area contributed by atoms with Crippen molar-refractivity contribution in [3.63, 3.8) is 0 Å². The summed E-state index contributed by atoms with van der Waals surface area (Å²) in [5.74, 6) is 0. The molecule has 0 aliphatic carbocycles. The molecule has 1 fully saturated rings. The summed E-state index contributed by atoms with van der Waals surface area (Å²) in [6.45, 7) is 5.55. The van der Waals surface area contributed by atoms with Crippen LogP contribution in [0.3, 0.4) is 0 Å². The Morgan fingerprint density at radius 2 is 1.53 bits per heavy atom. The van der Waals surface area contributed by atoms with Crippen LogP contribution in [0.5, 0.6) is 0 Å². The average molecular weight is 251 g/mol. The summed E-state index contributed by atoms with van der Waals surface area (Å²) in [6, 6.07) is 22.1. The van der Waals surface area contributed by atoms with E-state index in [2.05, 4.69) is 58.3 Å². The van der Waals surface area contributed by atoms with Crippen molar-refractivity contribution in [1.29, 1.82) is 0 Å². The van der Waals surface area contributed by atoms with Gasteiger partial charge in [0.1, 0.15) is 0 Å². The van der Waals surface area contributed by atoms with Gasteiger partial charge in [0, 0.05) is 38.4 Å². The summed E-state index contributed by atoms with van der Waals surface area (Å²) in [4.78, 5) is 4.98. The molecule has 0 spiro atoms. The van der Waals surface area contributed by atoms with Gasteiger partial charge in [0.05, 0.1) is 0 Å². The normalized spacial score (nSPS) is 16.5. The monoisotopic (exact) mass is 251 g/mol. The molecule has 1 aliphatic rings. The van der Waals surface area contributed by atoms with E-state index in [1.54, 1.807) is 0 Å². The Labute approximate surface area is 115 Å². The molecule has 2 heteroatoms. The Kier molecular flexibility index (Phi) is 3.80. The van der Waals surface area contributed by atoms with Crippen LogP contribution in [-0.4, -0.2) is 31.1 Å². The lowest BCUT2D eigenvalue weighted by atomic mass is 10.2. The largest absolute Gasteiger partial charge is 0.369 e. The highest BCUT2D eigenvalue weighted by Gasteiger charge is 2.16. The Morgan fingerprint density at radius 3 is 2.21 bits per heavy atom. The number of hydrogen-bond donors (Lipinski definition) is 0. The van der Waals surface area contributed by atoms with Crippen molar-refractivity contribution in [1.82, 2.24) is 4.90 Å². The number of piperazine rings is 1. The van der Waals surface area contributed by atoms with Crippen molar-refractivity contribution < 1.29 is 0 Å². The van der Waals surface area contributed by atoms with Gasteiger partial charge in [-0.3, -0.25) is 4.90 Å². The Bertz CT molecular complexity index is 487. The van der Waals surface area contributed by atoms with Gasteiger partial charge in [0.2, 0.25) is 0 Å². The molecule has 19 heavy (non-hydrogen) atoms. The fraction of sp³-hybridized carbons (Fsp3) is 0.294. The van der Waals surface area contributed by atoms with Crippen LogP contribution in [0, 0.1) is 6.07 Å². The van der Waals surface area contributed by atoms with Gasteiger partial charge in [-0.2, -0.15) is 0 Å². The number of nitrogens with zero attached hydrogens (tertiary/aromatic N) is 2. The maximum absolute atomic E-state index is 3.08. The first-order valence-electron chi connectivity index (χ1n) is 6.89. The minimum Gasteiger partial charge on any atom is -0.369 e. The van der Waals surface area contributed by atoms with Crippen LogP contribution in [0.25, 0.3) is 0 Å². The lowest BCUT2D eigenvalue weighted by molar-refractivity contribution is 0.250. The van der Waals surface area contributed by atoms with E-state index in [1.807, 2.05) is 12.1 Å². The summed E-state index contributed by atoms with van der Waals surface area (Å²) in [7, 11) is 0. The predicted molar refractivity (Wildman–Crippen MR) is 79.2 cm³/mol. The third kappa shape index (κ3) is 3.15. The van der Waals surface area contributed by atoms with Crippen LogP contribution in [-0.2, 0) is 6.54 Å². The summed E-state index contributed by atoms with van der Waals surface area (Å²) in [5, 5.41) is 0. The molecule has 1 aliphatic heterocycles. The molecule has 0 aromatic heterocycles. The molecule has 0 unspecified atom stereocenters. The molecular weight excluding hydrogens is 232 g/mol. The third-order valence-corrected chi connectivity index (χ3v) is 3.69. The zero-order valence-corrected chi connectivity index (χ0v) is 11.1. The first-order chi connectivity index (χ1) is 9.42. The van der Waals surface area contributed by atoms with Gasteiger partial charge < -0.3 is 4.90 Å². The van der Waals surface area contributed by atoms with E-state index < -0.39 is 0 Å². The van der Waals surface area contributed by atoms with Gasteiger partial charge >= 0.3 is 0 Å². The summed E-state index contributed by atoms with van der Waals surface area (Å²) in [6.07, 6.45) is 0. The molecule has 2 aromatic carbocycles. The lowest BCUT2D eigenvalue weighted by Crippen LogP contribution is -2.45.